The van der Waals surface area contributed by atoms with Crippen molar-refractivity contribution in [3.8, 4) is 0 Å². The van der Waals surface area contributed by atoms with Crippen LogP contribution in [0, 0.1) is 5.82 Å². The van der Waals surface area contributed by atoms with E-state index < -0.39 is 17.8 Å². The van der Waals surface area contributed by atoms with Crippen LogP contribution in [0.2, 0.25) is 0 Å². The minimum Gasteiger partial charge on any atom is -0.340 e. The first-order valence-corrected chi connectivity index (χ1v) is 12.5. The highest BCUT2D eigenvalue weighted by atomic mass is 19.1. The maximum absolute atomic E-state index is 13.3. The number of nitrogens with two attached hydrogens (primary N) is 1. The smallest absolute Gasteiger partial charge is 0.259 e. The summed E-state index contributed by atoms with van der Waals surface area (Å²) >= 11 is 0. The Morgan fingerprint density at radius 2 is 1.61 bits per heavy atom. The van der Waals surface area contributed by atoms with Crippen LogP contribution in [0.15, 0.2) is 84.9 Å². The third kappa shape index (κ3) is 7.23. The lowest BCUT2D eigenvalue weighted by molar-refractivity contribution is -0.134. The van der Waals surface area contributed by atoms with Crippen LogP contribution in [0.25, 0.3) is 0 Å². The average Bonchev–Trinajstić information content (AvgIpc) is 3.68. The van der Waals surface area contributed by atoms with Gasteiger partial charge in [0.1, 0.15) is 11.9 Å². The predicted octanol–water partition coefficient (Wildman–Crippen LogP) is 4.14. The van der Waals surface area contributed by atoms with Crippen LogP contribution in [0.3, 0.4) is 0 Å². The molecule has 0 aromatic heterocycles. The van der Waals surface area contributed by atoms with Crippen molar-refractivity contribution in [1.82, 2.24) is 15.6 Å². The zero-order valence-electron chi connectivity index (χ0n) is 20.3. The highest BCUT2D eigenvalue weighted by Gasteiger charge is 2.37. The molecule has 3 aromatic carbocycles. The van der Waals surface area contributed by atoms with Gasteiger partial charge in [0, 0.05) is 17.5 Å². The standard InChI is InChI=1S/C29H33FN4O2/c30-24-16-14-23(15-17-24)28(35)33-26(29(36)34(31)20-21-9-3-1-4-10-21)13-7-8-18-32-27-19-25(27)22-11-5-2-6-12-22/h1-6,9-12,14-17,25-27,32H,7-8,13,18-20,31H2,(H,33,35)/t25?,26-,27?/m0/s1. The van der Waals surface area contributed by atoms with Crippen LogP contribution in [-0.2, 0) is 11.3 Å². The number of hydrazine groups is 1. The van der Waals surface area contributed by atoms with Crippen molar-refractivity contribution in [3.63, 3.8) is 0 Å². The fourth-order valence-corrected chi connectivity index (χ4v) is 4.41. The SMILES string of the molecule is NN(Cc1ccccc1)C(=O)[C@H](CCCCNC1CC1c1ccccc1)NC(=O)c1ccc(F)cc1. The van der Waals surface area contributed by atoms with Gasteiger partial charge in [-0.05, 0) is 67.6 Å². The first-order valence-electron chi connectivity index (χ1n) is 12.5. The molecule has 7 heteroatoms. The Kier molecular flexibility index (Phi) is 8.81. The molecule has 0 bridgehead atoms. The van der Waals surface area contributed by atoms with Gasteiger partial charge in [0.2, 0.25) is 0 Å². The maximum atomic E-state index is 13.3. The predicted molar refractivity (Wildman–Crippen MR) is 138 cm³/mol. The van der Waals surface area contributed by atoms with Crippen LogP contribution in [0.4, 0.5) is 4.39 Å². The second kappa shape index (κ2) is 12.4. The first kappa shape index (κ1) is 25.5. The molecule has 1 aliphatic rings. The lowest BCUT2D eigenvalue weighted by Gasteiger charge is -2.24. The summed E-state index contributed by atoms with van der Waals surface area (Å²) in [5.41, 5.74) is 2.56. The molecule has 1 saturated carbocycles. The van der Waals surface area contributed by atoms with Crippen molar-refractivity contribution < 1.29 is 14.0 Å². The third-order valence-corrected chi connectivity index (χ3v) is 6.53. The summed E-state index contributed by atoms with van der Waals surface area (Å²) < 4.78 is 13.3. The Bertz CT molecular complexity index is 1130. The second-order valence-electron chi connectivity index (χ2n) is 9.29. The van der Waals surface area contributed by atoms with Gasteiger partial charge in [-0.2, -0.15) is 0 Å². The zero-order valence-corrected chi connectivity index (χ0v) is 20.3. The van der Waals surface area contributed by atoms with E-state index in [9.17, 15) is 14.0 Å². The number of carbonyl (C=O) groups excluding carboxylic acids is 2. The summed E-state index contributed by atoms with van der Waals surface area (Å²) in [7, 11) is 0. The lowest BCUT2D eigenvalue weighted by Crippen LogP contribution is -2.51. The Morgan fingerprint density at radius 1 is 0.944 bits per heavy atom. The highest BCUT2D eigenvalue weighted by Crippen LogP contribution is 2.40. The Balaban J connectivity index is 1.29. The van der Waals surface area contributed by atoms with E-state index in [0.717, 1.165) is 36.4 Å². The van der Waals surface area contributed by atoms with Gasteiger partial charge >= 0.3 is 0 Å². The van der Waals surface area contributed by atoms with Crippen molar-refractivity contribution in [2.24, 2.45) is 5.84 Å². The molecule has 36 heavy (non-hydrogen) atoms. The molecule has 0 aliphatic heterocycles. The molecule has 0 spiro atoms. The van der Waals surface area contributed by atoms with Gasteiger partial charge in [-0.15, -0.1) is 0 Å². The quantitative estimate of drug-likeness (QED) is 0.155. The number of nitrogens with zero attached hydrogens (tertiary/aromatic N) is 1. The molecule has 0 heterocycles. The summed E-state index contributed by atoms with van der Waals surface area (Å²) in [4.78, 5) is 25.9. The minimum absolute atomic E-state index is 0.243. The Morgan fingerprint density at radius 3 is 2.31 bits per heavy atom. The van der Waals surface area contributed by atoms with Crippen LogP contribution < -0.4 is 16.5 Å². The second-order valence-corrected chi connectivity index (χ2v) is 9.29. The third-order valence-electron chi connectivity index (χ3n) is 6.53. The van der Waals surface area contributed by atoms with Crippen LogP contribution in [-0.4, -0.2) is 35.5 Å². The number of carbonyl (C=O) groups is 2. The van der Waals surface area contributed by atoms with E-state index in [1.807, 2.05) is 36.4 Å². The number of halogens is 1. The van der Waals surface area contributed by atoms with Gasteiger partial charge in [0.05, 0.1) is 6.54 Å². The Hall–Kier alpha value is -3.55. The monoisotopic (exact) mass is 488 g/mol. The van der Waals surface area contributed by atoms with Crippen molar-refractivity contribution in [2.45, 2.75) is 50.2 Å². The van der Waals surface area contributed by atoms with E-state index in [-0.39, 0.29) is 12.5 Å². The molecule has 4 N–H and O–H groups in total. The van der Waals surface area contributed by atoms with E-state index in [0.29, 0.717) is 23.9 Å². The summed E-state index contributed by atoms with van der Waals surface area (Å²) in [6, 6.07) is 24.9. The number of hydrogen-bond donors (Lipinski definition) is 3. The van der Waals surface area contributed by atoms with Gasteiger partial charge in [-0.3, -0.25) is 14.6 Å². The number of rotatable bonds is 12. The van der Waals surface area contributed by atoms with Crippen LogP contribution >= 0.6 is 0 Å². The average molecular weight is 489 g/mol. The van der Waals surface area contributed by atoms with Gasteiger partial charge in [-0.1, -0.05) is 60.7 Å². The van der Waals surface area contributed by atoms with E-state index in [2.05, 4.69) is 34.9 Å². The lowest BCUT2D eigenvalue weighted by atomic mass is 10.1. The van der Waals surface area contributed by atoms with Gasteiger partial charge < -0.3 is 10.6 Å². The molecule has 2 amide bonds. The Labute approximate surface area is 211 Å². The number of benzene rings is 3. The number of nitrogens with one attached hydrogen (secondary N) is 2. The molecule has 4 rings (SSSR count). The highest BCUT2D eigenvalue weighted by molar-refractivity contribution is 5.97. The summed E-state index contributed by atoms with van der Waals surface area (Å²) in [5, 5.41) is 7.55. The summed E-state index contributed by atoms with van der Waals surface area (Å²) in [6.07, 6.45) is 3.22. The van der Waals surface area contributed by atoms with E-state index in [1.54, 1.807) is 0 Å². The normalized spacial score (nSPS) is 17.3. The van der Waals surface area contributed by atoms with Crippen molar-refractivity contribution in [1.29, 1.82) is 0 Å². The van der Waals surface area contributed by atoms with Crippen LogP contribution in [0.5, 0.6) is 0 Å². The molecule has 0 radical (unpaired) electrons. The molecule has 6 nitrogen and oxygen atoms in total. The minimum atomic E-state index is -0.769. The summed E-state index contributed by atoms with van der Waals surface area (Å²) in [6.45, 7) is 1.09. The van der Waals surface area contributed by atoms with E-state index >= 15 is 0 Å². The molecule has 1 fully saturated rings. The number of amides is 2. The topological polar surface area (TPSA) is 87.5 Å². The van der Waals surface area contributed by atoms with E-state index in [1.165, 1.54) is 29.8 Å². The fourth-order valence-electron chi connectivity index (χ4n) is 4.41. The van der Waals surface area contributed by atoms with Gasteiger partial charge in [-0.25, -0.2) is 10.2 Å². The van der Waals surface area contributed by atoms with Crippen LogP contribution in [0.1, 0.15) is 53.1 Å². The van der Waals surface area contributed by atoms with Gasteiger partial charge in [0.25, 0.3) is 11.8 Å². The van der Waals surface area contributed by atoms with E-state index in [4.69, 9.17) is 5.84 Å². The van der Waals surface area contributed by atoms with Crippen molar-refractivity contribution in [3.05, 3.63) is 107 Å². The molecule has 0 saturated heterocycles. The molecule has 2 unspecified atom stereocenters. The summed E-state index contributed by atoms with van der Waals surface area (Å²) in [5.74, 6) is 5.47. The molecule has 3 aromatic rings. The molecule has 3 atom stereocenters. The zero-order chi connectivity index (χ0) is 25.3. The number of unbranched alkanes of at least 4 members (excludes halogenated alkanes) is 1. The molecule has 1 aliphatic carbocycles. The first-order chi connectivity index (χ1) is 17.5. The molecular formula is C29H33FN4O2. The van der Waals surface area contributed by atoms with Crippen molar-refractivity contribution >= 4 is 11.8 Å². The van der Waals surface area contributed by atoms with Gasteiger partial charge in [0.15, 0.2) is 0 Å². The molecular weight excluding hydrogens is 455 g/mol. The fraction of sp³-hybridized carbons (Fsp3) is 0.310. The number of hydrogen-bond acceptors (Lipinski definition) is 4. The largest absolute Gasteiger partial charge is 0.340 e. The van der Waals surface area contributed by atoms with Crippen molar-refractivity contribution in [2.75, 3.05) is 6.54 Å². The molecule has 188 valence electrons. The maximum Gasteiger partial charge on any atom is 0.259 e.